The normalized spacial score (nSPS) is 11.2. The number of benzene rings is 2. The maximum absolute atomic E-state index is 13.3. The van der Waals surface area contributed by atoms with Gasteiger partial charge in [-0.25, -0.2) is 4.68 Å². The van der Waals surface area contributed by atoms with Crippen LogP contribution in [-0.4, -0.2) is 14.7 Å². The summed E-state index contributed by atoms with van der Waals surface area (Å²) < 4.78 is 40.5. The quantitative estimate of drug-likeness (QED) is 0.521. The SMILES string of the molecule is O=[N+]([O-])c1cccc(NNc2c(C(F)(F)F)nn(-c3ccccc3)c2[O-])c1. The van der Waals surface area contributed by atoms with E-state index in [1.807, 2.05) is 0 Å². The number of hydrogen-bond donors (Lipinski definition) is 2. The van der Waals surface area contributed by atoms with Crippen LogP contribution in [0.15, 0.2) is 54.6 Å². The van der Waals surface area contributed by atoms with Crippen molar-refractivity contribution in [3.63, 3.8) is 0 Å². The molecule has 8 nitrogen and oxygen atoms in total. The minimum atomic E-state index is -4.88. The molecule has 0 atom stereocenters. The van der Waals surface area contributed by atoms with E-state index in [0.29, 0.717) is 4.68 Å². The second kappa shape index (κ2) is 6.86. The number of non-ortho nitro benzene ring substituents is 1. The second-order valence-electron chi connectivity index (χ2n) is 5.33. The van der Waals surface area contributed by atoms with Gasteiger partial charge in [0.15, 0.2) is 5.69 Å². The zero-order chi connectivity index (χ0) is 19.6. The van der Waals surface area contributed by atoms with E-state index in [4.69, 9.17) is 0 Å². The van der Waals surface area contributed by atoms with Crippen LogP contribution < -0.4 is 16.0 Å². The topological polar surface area (TPSA) is 108 Å². The second-order valence-corrected chi connectivity index (χ2v) is 5.33. The fourth-order valence-corrected chi connectivity index (χ4v) is 2.29. The summed E-state index contributed by atoms with van der Waals surface area (Å²) in [6.07, 6.45) is -4.88. The number of hydrogen-bond acceptors (Lipinski definition) is 6. The predicted molar refractivity (Wildman–Crippen MR) is 88.4 cm³/mol. The highest BCUT2D eigenvalue weighted by Crippen LogP contribution is 2.39. The van der Waals surface area contributed by atoms with Crippen molar-refractivity contribution in [1.29, 1.82) is 0 Å². The monoisotopic (exact) mass is 378 g/mol. The van der Waals surface area contributed by atoms with Crippen LogP contribution in [0.3, 0.4) is 0 Å². The van der Waals surface area contributed by atoms with Crippen LogP contribution >= 0.6 is 0 Å². The molecule has 2 N–H and O–H groups in total. The van der Waals surface area contributed by atoms with Crippen molar-refractivity contribution in [2.75, 3.05) is 10.9 Å². The van der Waals surface area contributed by atoms with E-state index in [1.54, 1.807) is 18.2 Å². The zero-order valence-electron chi connectivity index (χ0n) is 13.4. The minimum Gasteiger partial charge on any atom is -0.857 e. The van der Waals surface area contributed by atoms with Crippen LogP contribution in [0, 0.1) is 10.1 Å². The smallest absolute Gasteiger partial charge is 0.437 e. The number of alkyl halides is 3. The van der Waals surface area contributed by atoms with E-state index in [1.165, 1.54) is 30.3 Å². The molecular weight excluding hydrogens is 367 g/mol. The Bertz CT molecular complexity index is 973. The third-order valence-corrected chi connectivity index (χ3v) is 3.50. The van der Waals surface area contributed by atoms with E-state index in [2.05, 4.69) is 16.0 Å². The molecular formula is C16H11F3N5O3-. The number of nitrogens with one attached hydrogen (secondary N) is 2. The summed E-state index contributed by atoms with van der Waals surface area (Å²) in [6, 6.07) is 12.7. The first-order valence-electron chi connectivity index (χ1n) is 7.46. The molecule has 0 saturated heterocycles. The van der Waals surface area contributed by atoms with Crippen LogP contribution in [0.1, 0.15) is 5.69 Å². The van der Waals surface area contributed by atoms with Crippen molar-refractivity contribution in [2.45, 2.75) is 6.18 Å². The highest BCUT2D eigenvalue weighted by Gasteiger charge is 2.38. The number of aromatic nitrogens is 2. The molecule has 0 amide bonds. The van der Waals surface area contributed by atoms with Crippen molar-refractivity contribution < 1.29 is 23.2 Å². The van der Waals surface area contributed by atoms with Gasteiger partial charge in [-0.2, -0.15) is 18.3 Å². The lowest BCUT2D eigenvalue weighted by Gasteiger charge is -2.16. The van der Waals surface area contributed by atoms with Gasteiger partial charge in [0.2, 0.25) is 0 Å². The number of halogens is 3. The fourth-order valence-electron chi connectivity index (χ4n) is 2.29. The first-order chi connectivity index (χ1) is 12.8. The summed E-state index contributed by atoms with van der Waals surface area (Å²) in [4.78, 5) is 10.1. The van der Waals surface area contributed by atoms with Gasteiger partial charge in [-0.15, -0.1) is 0 Å². The number of nitrogens with zero attached hydrogens (tertiary/aromatic N) is 3. The average Bonchev–Trinajstić information content (AvgIpc) is 2.98. The minimum absolute atomic E-state index is 0.101. The Labute approximate surface area is 150 Å². The molecule has 1 aromatic heterocycles. The molecule has 140 valence electrons. The summed E-state index contributed by atoms with van der Waals surface area (Å²) in [5.41, 5.74) is 2.31. The molecule has 11 heteroatoms. The average molecular weight is 378 g/mol. The maximum atomic E-state index is 13.3. The van der Waals surface area contributed by atoms with Gasteiger partial charge in [0.05, 0.1) is 22.0 Å². The first-order valence-corrected chi connectivity index (χ1v) is 7.46. The lowest BCUT2D eigenvalue weighted by atomic mass is 10.3. The molecule has 0 unspecified atom stereocenters. The van der Waals surface area contributed by atoms with E-state index < -0.39 is 28.4 Å². The number of anilines is 2. The molecule has 0 bridgehead atoms. The Morgan fingerprint density at radius 3 is 2.37 bits per heavy atom. The van der Waals surface area contributed by atoms with Gasteiger partial charge in [-0.05, 0) is 18.2 Å². The standard InChI is InChI=1S/C16H12F3N5O3/c17-16(18,19)14-13(15(25)23(22-14)11-6-2-1-3-7-11)21-20-10-5-4-8-12(9-10)24(26)27/h1-9,20-21,25H/p-1. The van der Waals surface area contributed by atoms with Gasteiger partial charge in [-0.1, -0.05) is 24.3 Å². The van der Waals surface area contributed by atoms with Crippen LogP contribution in [-0.2, 0) is 6.18 Å². The predicted octanol–water partition coefficient (Wildman–Crippen LogP) is 3.31. The number of nitro benzene ring substituents is 1. The number of rotatable bonds is 5. The molecule has 2 aromatic carbocycles. The van der Waals surface area contributed by atoms with E-state index >= 15 is 0 Å². The Kier molecular flexibility index (Phi) is 4.59. The Morgan fingerprint density at radius 2 is 1.74 bits per heavy atom. The van der Waals surface area contributed by atoms with E-state index in [9.17, 15) is 28.4 Å². The van der Waals surface area contributed by atoms with Crippen LogP contribution in [0.5, 0.6) is 5.88 Å². The van der Waals surface area contributed by atoms with Crippen molar-refractivity contribution >= 4 is 17.1 Å². The van der Waals surface area contributed by atoms with Crippen molar-refractivity contribution in [3.8, 4) is 11.6 Å². The highest BCUT2D eigenvalue weighted by atomic mass is 19.4. The van der Waals surface area contributed by atoms with Crippen molar-refractivity contribution in [3.05, 3.63) is 70.4 Å². The Morgan fingerprint density at radius 1 is 1.04 bits per heavy atom. The Hall–Kier alpha value is -3.76. The summed E-state index contributed by atoms with van der Waals surface area (Å²) in [6.45, 7) is 0. The number of para-hydroxylation sites is 1. The third kappa shape index (κ3) is 3.76. The zero-order valence-corrected chi connectivity index (χ0v) is 13.4. The van der Waals surface area contributed by atoms with Gasteiger partial charge < -0.3 is 10.5 Å². The molecule has 3 rings (SSSR count). The fraction of sp³-hybridized carbons (Fsp3) is 0.0625. The summed E-state index contributed by atoms with van der Waals surface area (Å²) in [5, 5.41) is 26.6. The highest BCUT2D eigenvalue weighted by molar-refractivity contribution is 5.63. The van der Waals surface area contributed by atoms with E-state index in [0.717, 1.165) is 6.07 Å². The lowest BCUT2D eigenvalue weighted by molar-refractivity contribution is -0.384. The van der Waals surface area contributed by atoms with Gasteiger partial charge in [0.1, 0.15) is 0 Å². The first kappa shape index (κ1) is 18.0. The summed E-state index contributed by atoms with van der Waals surface area (Å²) in [7, 11) is 0. The molecule has 0 fully saturated rings. The molecule has 27 heavy (non-hydrogen) atoms. The largest absolute Gasteiger partial charge is 0.857 e. The Balaban J connectivity index is 1.96. The molecule has 0 spiro atoms. The number of hydrazine groups is 1. The van der Waals surface area contributed by atoms with Gasteiger partial charge in [-0.3, -0.25) is 15.5 Å². The molecule has 0 aliphatic rings. The van der Waals surface area contributed by atoms with Gasteiger partial charge in [0.25, 0.3) is 5.69 Å². The van der Waals surface area contributed by atoms with Crippen molar-refractivity contribution in [1.82, 2.24) is 9.78 Å². The van der Waals surface area contributed by atoms with Gasteiger partial charge >= 0.3 is 6.18 Å². The molecule has 3 aromatic rings. The third-order valence-electron chi connectivity index (χ3n) is 3.50. The molecule has 0 aliphatic carbocycles. The van der Waals surface area contributed by atoms with Crippen LogP contribution in [0.25, 0.3) is 5.69 Å². The van der Waals surface area contributed by atoms with Gasteiger partial charge in [0, 0.05) is 18.0 Å². The molecule has 0 radical (unpaired) electrons. The van der Waals surface area contributed by atoms with Crippen molar-refractivity contribution in [2.24, 2.45) is 0 Å². The lowest BCUT2D eigenvalue weighted by Crippen LogP contribution is -2.15. The molecule has 0 saturated carbocycles. The summed E-state index contributed by atoms with van der Waals surface area (Å²) >= 11 is 0. The van der Waals surface area contributed by atoms with Crippen LogP contribution in [0.2, 0.25) is 0 Å². The molecule has 0 aliphatic heterocycles. The van der Waals surface area contributed by atoms with E-state index in [-0.39, 0.29) is 17.1 Å². The number of nitro groups is 1. The maximum Gasteiger partial charge on any atom is 0.437 e. The summed E-state index contributed by atoms with van der Waals surface area (Å²) in [5.74, 6) is -1.02. The molecule has 1 heterocycles. The van der Waals surface area contributed by atoms with Crippen LogP contribution in [0.4, 0.5) is 30.2 Å².